The van der Waals surface area contributed by atoms with E-state index in [0.29, 0.717) is 0 Å². The van der Waals surface area contributed by atoms with Gasteiger partial charge in [-0.1, -0.05) is 30.3 Å². The van der Waals surface area contributed by atoms with Crippen LogP contribution in [0.25, 0.3) is 0 Å². The first-order valence-corrected chi connectivity index (χ1v) is 11.2. The summed E-state index contributed by atoms with van der Waals surface area (Å²) < 4.78 is 0. The maximum Gasteiger partial charge on any atom is 0.219 e. The van der Waals surface area contributed by atoms with Gasteiger partial charge in [0.05, 0.1) is 6.54 Å². The van der Waals surface area contributed by atoms with Crippen LogP contribution in [0.3, 0.4) is 0 Å². The van der Waals surface area contributed by atoms with Crippen LogP contribution in [0.1, 0.15) is 32.3 Å². The zero-order valence-electron chi connectivity index (χ0n) is 18.1. The molecular formula is C23H37N5O. The molecule has 0 saturated carbocycles. The number of carbonyl (C=O) groups is 1. The number of guanidine groups is 1. The van der Waals surface area contributed by atoms with Gasteiger partial charge < -0.3 is 15.1 Å². The van der Waals surface area contributed by atoms with Gasteiger partial charge in [-0.05, 0) is 37.7 Å². The lowest BCUT2D eigenvalue weighted by Gasteiger charge is -2.35. The number of hydrogen-bond acceptors (Lipinski definition) is 3. The van der Waals surface area contributed by atoms with E-state index in [0.717, 1.165) is 70.8 Å². The molecule has 1 N–H and O–H groups in total. The van der Waals surface area contributed by atoms with Gasteiger partial charge in [0.15, 0.2) is 5.96 Å². The molecule has 0 bridgehead atoms. The predicted octanol–water partition coefficient (Wildman–Crippen LogP) is 2.07. The number of benzene rings is 1. The minimum Gasteiger partial charge on any atom is -0.357 e. The van der Waals surface area contributed by atoms with Crippen LogP contribution in [-0.2, 0) is 11.2 Å². The maximum absolute atomic E-state index is 11.5. The minimum atomic E-state index is 0.188. The molecular weight excluding hydrogens is 362 g/mol. The molecule has 0 spiro atoms. The quantitative estimate of drug-likeness (QED) is 0.588. The average Bonchev–Trinajstić information content (AvgIpc) is 2.75. The van der Waals surface area contributed by atoms with Crippen molar-refractivity contribution >= 4 is 11.9 Å². The lowest BCUT2D eigenvalue weighted by Crippen LogP contribution is -2.49. The zero-order valence-corrected chi connectivity index (χ0v) is 18.1. The molecule has 0 radical (unpaired) electrons. The summed E-state index contributed by atoms with van der Waals surface area (Å²) in [6.07, 6.45) is 3.65. The molecule has 1 aromatic rings. The number of rotatable bonds is 6. The molecule has 2 aliphatic heterocycles. The summed E-state index contributed by atoms with van der Waals surface area (Å²) in [5.41, 5.74) is 1.45. The molecule has 0 atom stereocenters. The third-order valence-corrected chi connectivity index (χ3v) is 6.11. The zero-order chi connectivity index (χ0) is 20.5. The molecule has 3 rings (SSSR count). The second-order valence-corrected chi connectivity index (χ2v) is 8.20. The minimum absolute atomic E-state index is 0.188. The van der Waals surface area contributed by atoms with Crippen molar-refractivity contribution in [3.05, 3.63) is 35.9 Å². The Bertz CT molecular complexity index is 646. The Labute approximate surface area is 176 Å². The summed E-state index contributed by atoms with van der Waals surface area (Å²) in [4.78, 5) is 23.1. The normalized spacial score (nSPS) is 19.4. The van der Waals surface area contributed by atoms with Crippen LogP contribution in [0, 0.1) is 5.92 Å². The predicted molar refractivity (Wildman–Crippen MR) is 119 cm³/mol. The molecule has 6 heteroatoms. The molecule has 0 unspecified atom stereocenters. The SMILES string of the molecule is CCNC(=NCCN1CCN(C(C)=O)CC1)N1CCC(Cc2ccccc2)CC1. The molecule has 2 saturated heterocycles. The van der Waals surface area contributed by atoms with Gasteiger partial charge >= 0.3 is 0 Å². The van der Waals surface area contributed by atoms with Crippen molar-refractivity contribution in [1.29, 1.82) is 0 Å². The van der Waals surface area contributed by atoms with Crippen molar-refractivity contribution in [3.8, 4) is 0 Å². The van der Waals surface area contributed by atoms with Crippen LogP contribution in [0.4, 0.5) is 0 Å². The number of piperazine rings is 1. The van der Waals surface area contributed by atoms with Gasteiger partial charge in [0.25, 0.3) is 0 Å². The Morgan fingerprint density at radius 2 is 1.72 bits per heavy atom. The summed E-state index contributed by atoms with van der Waals surface area (Å²) >= 11 is 0. The van der Waals surface area contributed by atoms with E-state index in [1.165, 1.54) is 24.8 Å². The van der Waals surface area contributed by atoms with Crippen molar-refractivity contribution in [3.63, 3.8) is 0 Å². The van der Waals surface area contributed by atoms with Crippen molar-refractivity contribution in [1.82, 2.24) is 20.0 Å². The Kier molecular flexibility index (Phi) is 8.35. The van der Waals surface area contributed by atoms with Crippen LogP contribution >= 0.6 is 0 Å². The van der Waals surface area contributed by atoms with Crippen LogP contribution < -0.4 is 5.32 Å². The molecule has 1 aromatic carbocycles. The lowest BCUT2D eigenvalue weighted by molar-refractivity contribution is -0.130. The van der Waals surface area contributed by atoms with Gasteiger partial charge in [-0.3, -0.25) is 14.7 Å². The van der Waals surface area contributed by atoms with Crippen molar-refractivity contribution in [2.45, 2.75) is 33.1 Å². The Balaban J connectivity index is 1.43. The second-order valence-electron chi connectivity index (χ2n) is 8.20. The number of nitrogens with one attached hydrogen (secondary N) is 1. The van der Waals surface area contributed by atoms with Crippen molar-refractivity contribution in [2.24, 2.45) is 10.9 Å². The molecule has 29 heavy (non-hydrogen) atoms. The maximum atomic E-state index is 11.5. The van der Waals surface area contributed by atoms with Gasteiger partial charge in [-0.25, -0.2) is 0 Å². The topological polar surface area (TPSA) is 51.2 Å². The van der Waals surface area contributed by atoms with Crippen LogP contribution in [-0.4, -0.2) is 85.5 Å². The molecule has 0 aliphatic carbocycles. The first-order valence-electron chi connectivity index (χ1n) is 11.2. The van der Waals surface area contributed by atoms with E-state index in [1.807, 2.05) is 4.90 Å². The summed E-state index contributed by atoms with van der Waals surface area (Å²) in [5.74, 6) is 2.02. The molecule has 6 nitrogen and oxygen atoms in total. The van der Waals surface area contributed by atoms with E-state index in [9.17, 15) is 4.79 Å². The van der Waals surface area contributed by atoms with E-state index in [2.05, 4.69) is 52.4 Å². The highest BCUT2D eigenvalue weighted by Gasteiger charge is 2.22. The summed E-state index contributed by atoms with van der Waals surface area (Å²) in [6.45, 7) is 12.2. The monoisotopic (exact) mass is 399 g/mol. The number of amides is 1. The fraction of sp³-hybridized carbons (Fsp3) is 0.652. The van der Waals surface area contributed by atoms with E-state index in [-0.39, 0.29) is 5.91 Å². The van der Waals surface area contributed by atoms with E-state index in [1.54, 1.807) is 6.92 Å². The molecule has 160 valence electrons. The van der Waals surface area contributed by atoms with Gasteiger partial charge in [-0.2, -0.15) is 0 Å². The number of carbonyl (C=O) groups excluding carboxylic acids is 1. The average molecular weight is 400 g/mol. The molecule has 2 aliphatic rings. The molecule has 0 aromatic heterocycles. The number of aliphatic imine (C=N–C) groups is 1. The number of piperidine rings is 1. The molecule has 2 heterocycles. The summed E-state index contributed by atoms with van der Waals surface area (Å²) in [5, 5.41) is 3.48. The third-order valence-electron chi connectivity index (χ3n) is 6.11. The lowest BCUT2D eigenvalue weighted by atomic mass is 9.90. The number of nitrogens with zero attached hydrogens (tertiary/aromatic N) is 4. The van der Waals surface area contributed by atoms with Crippen LogP contribution in [0.5, 0.6) is 0 Å². The highest BCUT2D eigenvalue weighted by atomic mass is 16.2. The second kappa shape index (κ2) is 11.2. The Hall–Kier alpha value is -2.08. The highest BCUT2D eigenvalue weighted by molar-refractivity contribution is 5.80. The van der Waals surface area contributed by atoms with Crippen molar-refractivity contribution < 1.29 is 4.79 Å². The van der Waals surface area contributed by atoms with Crippen molar-refractivity contribution in [2.75, 3.05) is 58.9 Å². The van der Waals surface area contributed by atoms with Crippen LogP contribution in [0.2, 0.25) is 0 Å². The standard InChI is InChI=1S/C23H37N5O/c1-3-24-23(25-11-14-26-15-17-27(18-16-26)20(2)29)28-12-9-22(10-13-28)19-21-7-5-4-6-8-21/h4-8,22H,3,9-19H2,1-2H3,(H,24,25). The first-order chi connectivity index (χ1) is 14.2. The highest BCUT2D eigenvalue weighted by Crippen LogP contribution is 2.21. The van der Waals surface area contributed by atoms with E-state index >= 15 is 0 Å². The first kappa shape index (κ1) is 21.6. The fourth-order valence-electron chi connectivity index (χ4n) is 4.31. The third kappa shape index (κ3) is 6.74. The van der Waals surface area contributed by atoms with Crippen LogP contribution in [0.15, 0.2) is 35.3 Å². The summed E-state index contributed by atoms with van der Waals surface area (Å²) in [7, 11) is 0. The van der Waals surface area contributed by atoms with E-state index < -0.39 is 0 Å². The van der Waals surface area contributed by atoms with Gasteiger partial charge in [0, 0.05) is 59.3 Å². The largest absolute Gasteiger partial charge is 0.357 e. The van der Waals surface area contributed by atoms with E-state index in [4.69, 9.17) is 4.99 Å². The summed E-state index contributed by atoms with van der Waals surface area (Å²) in [6, 6.07) is 10.9. The molecule has 2 fully saturated rings. The number of hydrogen-bond donors (Lipinski definition) is 1. The van der Waals surface area contributed by atoms with Gasteiger partial charge in [-0.15, -0.1) is 0 Å². The fourth-order valence-corrected chi connectivity index (χ4v) is 4.31. The van der Waals surface area contributed by atoms with Gasteiger partial charge in [0.2, 0.25) is 5.91 Å². The number of likely N-dealkylation sites (tertiary alicyclic amines) is 1. The Morgan fingerprint density at radius 1 is 1.03 bits per heavy atom. The Morgan fingerprint density at radius 3 is 2.34 bits per heavy atom. The smallest absolute Gasteiger partial charge is 0.219 e. The van der Waals surface area contributed by atoms with Gasteiger partial charge in [0.1, 0.15) is 0 Å². The molecule has 1 amide bonds.